The summed E-state index contributed by atoms with van der Waals surface area (Å²) in [5, 5.41) is 2.70. The Kier molecular flexibility index (Phi) is 4.36. The molecule has 1 aliphatic heterocycles. The van der Waals surface area contributed by atoms with Gasteiger partial charge in [-0.25, -0.2) is 0 Å². The highest BCUT2D eigenvalue weighted by atomic mass is 16.5. The van der Waals surface area contributed by atoms with Crippen molar-refractivity contribution in [3.05, 3.63) is 29.3 Å². The minimum atomic E-state index is -0.727. The van der Waals surface area contributed by atoms with Crippen molar-refractivity contribution in [2.45, 2.75) is 12.5 Å². The van der Waals surface area contributed by atoms with E-state index in [1.54, 1.807) is 24.1 Å². The highest BCUT2D eigenvalue weighted by Gasteiger charge is 2.22. The summed E-state index contributed by atoms with van der Waals surface area (Å²) in [5.41, 5.74) is 7.87. The molecule has 0 saturated carbocycles. The van der Waals surface area contributed by atoms with Gasteiger partial charge in [-0.05, 0) is 24.1 Å². The van der Waals surface area contributed by atoms with Gasteiger partial charge >= 0.3 is 0 Å². The van der Waals surface area contributed by atoms with Crippen LogP contribution in [0, 0.1) is 0 Å². The fraction of sp³-hybridized carbons (Fsp3) is 0.429. The standard InChI is InChI=1S/C14H19N3O3/c1-17-6-5-9-3-4-10(7-11(9)14(17)19)16-13(18)12(15)8-20-2/h3-4,7,12H,5-6,8,15H2,1-2H3,(H,16,18). The van der Waals surface area contributed by atoms with Gasteiger partial charge in [0.2, 0.25) is 5.91 Å². The molecule has 6 heteroatoms. The van der Waals surface area contributed by atoms with Gasteiger partial charge in [0.15, 0.2) is 0 Å². The number of carbonyl (C=O) groups is 2. The Bertz CT molecular complexity index is 530. The average molecular weight is 277 g/mol. The Hall–Kier alpha value is -1.92. The van der Waals surface area contributed by atoms with E-state index < -0.39 is 6.04 Å². The number of ether oxygens (including phenoxy) is 1. The van der Waals surface area contributed by atoms with Gasteiger partial charge in [0, 0.05) is 32.0 Å². The highest BCUT2D eigenvalue weighted by molar-refractivity contribution is 6.00. The summed E-state index contributed by atoms with van der Waals surface area (Å²) in [6.07, 6.45) is 0.828. The molecule has 2 amide bonds. The minimum Gasteiger partial charge on any atom is -0.383 e. The lowest BCUT2D eigenvalue weighted by Crippen LogP contribution is -2.39. The molecule has 108 valence electrons. The monoisotopic (exact) mass is 277 g/mol. The molecule has 1 aromatic carbocycles. The van der Waals surface area contributed by atoms with Crippen molar-refractivity contribution in [3.8, 4) is 0 Å². The van der Waals surface area contributed by atoms with E-state index in [9.17, 15) is 9.59 Å². The normalized spacial score (nSPS) is 15.8. The number of fused-ring (bicyclic) bond motifs is 1. The number of hydrogen-bond donors (Lipinski definition) is 2. The van der Waals surface area contributed by atoms with E-state index in [-0.39, 0.29) is 18.4 Å². The fourth-order valence-electron chi connectivity index (χ4n) is 2.16. The van der Waals surface area contributed by atoms with Crippen molar-refractivity contribution in [2.24, 2.45) is 5.73 Å². The first kappa shape index (κ1) is 14.5. The predicted octanol–water partition coefficient (Wildman–Crippen LogP) is 0.227. The van der Waals surface area contributed by atoms with Crippen LogP contribution in [0.3, 0.4) is 0 Å². The van der Waals surface area contributed by atoms with E-state index in [0.717, 1.165) is 18.5 Å². The van der Waals surface area contributed by atoms with E-state index in [4.69, 9.17) is 10.5 Å². The van der Waals surface area contributed by atoms with E-state index in [2.05, 4.69) is 5.32 Å². The molecule has 0 bridgehead atoms. The predicted molar refractivity (Wildman–Crippen MR) is 75.6 cm³/mol. The van der Waals surface area contributed by atoms with Crippen molar-refractivity contribution >= 4 is 17.5 Å². The number of nitrogens with one attached hydrogen (secondary N) is 1. The molecule has 6 nitrogen and oxygen atoms in total. The van der Waals surface area contributed by atoms with Crippen LogP contribution < -0.4 is 11.1 Å². The summed E-state index contributed by atoms with van der Waals surface area (Å²) in [4.78, 5) is 25.5. The summed E-state index contributed by atoms with van der Waals surface area (Å²) in [5.74, 6) is -0.355. The molecule has 20 heavy (non-hydrogen) atoms. The zero-order valence-corrected chi connectivity index (χ0v) is 11.7. The van der Waals surface area contributed by atoms with Gasteiger partial charge in [-0.1, -0.05) is 6.07 Å². The molecule has 1 atom stereocenters. The van der Waals surface area contributed by atoms with Crippen LogP contribution in [-0.4, -0.2) is 50.1 Å². The zero-order chi connectivity index (χ0) is 14.7. The number of amides is 2. The summed E-state index contributed by atoms with van der Waals surface area (Å²) in [6.45, 7) is 0.870. The smallest absolute Gasteiger partial charge is 0.253 e. The first-order valence-corrected chi connectivity index (χ1v) is 6.46. The largest absolute Gasteiger partial charge is 0.383 e. The lowest BCUT2D eigenvalue weighted by molar-refractivity contribution is -0.118. The fourth-order valence-corrected chi connectivity index (χ4v) is 2.16. The molecule has 2 rings (SSSR count). The van der Waals surface area contributed by atoms with Crippen LogP contribution in [0.5, 0.6) is 0 Å². The van der Waals surface area contributed by atoms with Gasteiger partial charge in [0.1, 0.15) is 6.04 Å². The van der Waals surface area contributed by atoms with Gasteiger partial charge in [-0.2, -0.15) is 0 Å². The molecule has 0 fully saturated rings. The van der Waals surface area contributed by atoms with Crippen LogP contribution in [0.15, 0.2) is 18.2 Å². The van der Waals surface area contributed by atoms with Crippen molar-refractivity contribution in [2.75, 3.05) is 32.6 Å². The maximum Gasteiger partial charge on any atom is 0.253 e. The first-order valence-electron chi connectivity index (χ1n) is 6.46. The number of likely N-dealkylation sites (N-methyl/N-ethyl adjacent to an activating group) is 1. The lowest BCUT2D eigenvalue weighted by Gasteiger charge is -2.25. The molecule has 1 aliphatic rings. The molecule has 0 aliphatic carbocycles. The second-order valence-corrected chi connectivity index (χ2v) is 4.90. The van der Waals surface area contributed by atoms with Crippen molar-refractivity contribution in [1.82, 2.24) is 4.90 Å². The van der Waals surface area contributed by atoms with Crippen molar-refractivity contribution in [1.29, 1.82) is 0 Å². The Morgan fingerprint density at radius 2 is 2.30 bits per heavy atom. The number of nitrogens with zero attached hydrogens (tertiary/aromatic N) is 1. The Morgan fingerprint density at radius 1 is 1.55 bits per heavy atom. The SMILES string of the molecule is COCC(N)C(=O)Nc1ccc2c(c1)C(=O)N(C)CC2. The number of rotatable bonds is 4. The molecule has 1 unspecified atom stereocenters. The van der Waals surface area contributed by atoms with Crippen LogP contribution in [0.25, 0.3) is 0 Å². The molecular formula is C14H19N3O3. The molecule has 0 spiro atoms. The van der Waals surface area contributed by atoms with Crippen LogP contribution in [0.4, 0.5) is 5.69 Å². The summed E-state index contributed by atoms with van der Waals surface area (Å²) < 4.78 is 4.84. The molecule has 3 N–H and O–H groups in total. The number of hydrogen-bond acceptors (Lipinski definition) is 4. The third-order valence-corrected chi connectivity index (χ3v) is 3.35. The molecule has 1 heterocycles. The first-order chi connectivity index (χ1) is 9.52. The second kappa shape index (κ2) is 6.02. The Morgan fingerprint density at radius 3 is 3.00 bits per heavy atom. The number of anilines is 1. The van der Waals surface area contributed by atoms with E-state index >= 15 is 0 Å². The van der Waals surface area contributed by atoms with E-state index in [1.807, 2.05) is 6.07 Å². The van der Waals surface area contributed by atoms with Crippen LogP contribution in [0.1, 0.15) is 15.9 Å². The topological polar surface area (TPSA) is 84.7 Å². The van der Waals surface area contributed by atoms with Crippen LogP contribution >= 0.6 is 0 Å². The third kappa shape index (κ3) is 2.97. The maximum absolute atomic E-state index is 12.1. The van der Waals surface area contributed by atoms with Crippen LogP contribution in [-0.2, 0) is 16.0 Å². The van der Waals surface area contributed by atoms with Crippen molar-refractivity contribution < 1.29 is 14.3 Å². The van der Waals surface area contributed by atoms with Gasteiger partial charge in [0.25, 0.3) is 5.91 Å². The molecular weight excluding hydrogens is 258 g/mol. The van der Waals surface area contributed by atoms with Gasteiger partial charge in [-0.15, -0.1) is 0 Å². The molecule has 0 aromatic heterocycles. The quantitative estimate of drug-likeness (QED) is 0.825. The second-order valence-electron chi connectivity index (χ2n) is 4.90. The van der Waals surface area contributed by atoms with E-state index in [0.29, 0.717) is 11.3 Å². The number of methoxy groups -OCH3 is 1. The Labute approximate surface area is 117 Å². The number of nitrogens with two attached hydrogens (primary N) is 1. The van der Waals surface area contributed by atoms with Gasteiger partial charge in [0.05, 0.1) is 6.61 Å². The Balaban J connectivity index is 2.15. The molecule has 0 radical (unpaired) electrons. The van der Waals surface area contributed by atoms with Gasteiger partial charge in [-0.3, -0.25) is 9.59 Å². The van der Waals surface area contributed by atoms with Crippen LogP contribution in [0.2, 0.25) is 0 Å². The zero-order valence-electron chi connectivity index (χ0n) is 11.7. The third-order valence-electron chi connectivity index (χ3n) is 3.35. The maximum atomic E-state index is 12.1. The number of carbonyl (C=O) groups excluding carboxylic acids is 2. The average Bonchev–Trinajstić information content (AvgIpc) is 2.43. The molecule has 0 saturated heterocycles. The van der Waals surface area contributed by atoms with Gasteiger partial charge < -0.3 is 20.7 Å². The summed E-state index contributed by atoms with van der Waals surface area (Å²) >= 11 is 0. The molecule has 1 aromatic rings. The van der Waals surface area contributed by atoms with Crippen molar-refractivity contribution in [3.63, 3.8) is 0 Å². The highest BCUT2D eigenvalue weighted by Crippen LogP contribution is 2.22. The summed E-state index contributed by atoms with van der Waals surface area (Å²) in [7, 11) is 3.26. The van der Waals surface area contributed by atoms with E-state index in [1.165, 1.54) is 7.11 Å². The minimum absolute atomic E-state index is 0.0245. The number of benzene rings is 1. The summed E-state index contributed by atoms with van der Waals surface area (Å²) in [6, 6.07) is 4.63. The lowest BCUT2D eigenvalue weighted by atomic mass is 9.98.